The quantitative estimate of drug-likeness (QED) is 0.215. The highest BCUT2D eigenvalue weighted by atomic mass is 16.6. The number of fused-ring (bicyclic) bond motifs is 3. The molecule has 3 aliphatic carbocycles. The highest BCUT2D eigenvalue weighted by Crippen LogP contribution is 2.73. The van der Waals surface area contributed by atoms with Crippen molar-refractivity contribution < 1.29 is 49.1 Å². The van der Waals surface area contributed by atoms with Crippen LogP contribution in [0.5, 0.6) is 0 Å². The Morgan fingerprint density at radius 1 is 1.02 bits per heavy atom. The number of ketones is 2. The molecule has 236 valence electrons. The van der Waals surface area contributed by atoms with Crippen LogP contribution in [0.4, 0.5) is 0 Å². The number of carbonyl (C=O) groups excluding carboxylic acids is 3. The van der Waals surface area contributed by atoms with Crippen LogP contribution in [0.2, 0.25) is 0 Å². The lowest BCUT2D eigenvalue weighted by molar-refractivity contribution is -0.183. The van der Waals surface area contributed by atoms with Gasteiger partial charge in [0, 0.05) is 37.0 Å². The third-order valence-corrected chi connectivity index (χ3v) is 11.5. The van der Waals surface area contributed by atoms with Gasteiger partial charge < -0.3 is 25.2 Å². The highest BCUT2D eigenvalue weighted by Gasteiger charge is 2.74. The van der Waals surface area contributed by atoms with Gasteiger partial charge in [0.05, 0.1) is 17.9 Å². The monoisotopic (exact) mass is 592 g/mol. The van der Waals surface area contributed by atoms with Gasteiger partial charge in [-0.1, -0.05) is 32.4 Å². The average molecular weight is 593 g/mol. The molecule has 0 spiro atoms. The summed E-state index contributed by atoms with van der Waals surface area (Å²) in [5.74, 6) is -5.89. The Bertz CT molecular complexity index is 1210. The predicted molar refractivity (Wildman–Crippen MR) is 152 cm³/mol. The molecule has 0 aromatic carbocycles. The second-order valence-electron chi connectivity index (χ2n) is 14.9. The zero-order valence-corrected chi connectivity index (χ0v) is 26.4. The molecule has 0 radical (unpaired) electrons. The molecule has 10 heteroatoms. The van der Waals surface area contributed by atoms with E-state index in [1.165, 1.54) is 27.7 Å². The number of hydrogen-bond acceptors (Lipinski definition) is 8. The molecule has 8 atom stereocenters. The molecule has 2 saturated carbocycles. The molecular weight excluding hydrogens is 544 g/mol. The van der Waals surface area contributed by atoms with E-state index < -0.39 is 86.8 Å². The van der Waals surface area contributed by atoms with Crippen molar-refractivity contribution in [3.63, 3.8) is 0 Å². The minimum absolute atomic E-state index is 0.114. The van der Waals surface area contributed by atoms with Gasteiger partial charge in [0.1, 0.15) is 17.0 Å². The van der Waals surface area contributed by atoms with Gasteiger partial charge in [-0.2, -0.15) is 0 Å². The Balaban J connectivity index is 2.07. The number of Topliss-reactive ketones (excluding diaryl/α,β-unsaturated/α-hetero) is 2. The lowest BCUT2D eigenvalue weighted by Crippen LogP contribution is -2.64. The Morgan fingerprint density at radius 3 is 2.10 bits per heavy atom. The topological polar surface area (TPSA) is 176 Å². The van der Waals surface area contributed by atoms with E-state index in [-0.39, 0.29) is 31.5 Å². The van der Waals surface area contributed by atoms with Crippen molar-refractivity contribution in [1.82, 2.24) is 0 Å². The Labute approximate surface area is 247 Å². The minimum atomic E-state index is -2.01. The van der Waals surface area contributed by atoms with Gasteiger partial charge in [-0.25, -0.2) is 0 Å². The fraction of sp³-hybridized carbons (Fsp3) is 0.781. The second kappa shape index (κ2) is 10.5. The maximum Gasteiger partial charge on any atom is 0.313 e. The molecule has 0 unspecified atom stereocenters. The number of aliphatic hydroxyl groups excluding tert-OH is 1. The second-order valence-corrected chi connectivity index (χ2v) is 14.9. The number of aliphatic hydroxyl groups is 2. The zero-order valence-electron chi connectivity index (χ0n) is 26.4. The van der Waals surface area contributed by atoms with Gasteiger partial charge in [-0.05, 0) is 70.6 Å². The average Bonchev–Trinajstić information content (AvgIpc) is 3.02. The van der Waals surface area contributed by atoms with Crippen molar-refractivity contribution >= 4 is 29.5 Å². The number of ether oxygens (including phenoxy) is 1. The summed E-state index contributed by atoms with van der Waals surface area (Å²) in [5.41, 5.74) is -7.00. The van der Waals surface area contributed by atoms with Crippen LogP contribution in [0.15, 0.2) is 11.6 Å². The summed E-state index contributed by atoms with van der Waals surface area (Å²) in [4.78, 5) is 63.6. The van der Waals surface area contributed by atoms with Gasteiger partial charge in [0.25, 0.3) is 0 Å². The summed E-state index contributed by atoms with van der Waals surface area (Å²) in [6.07, 6.45) is 0.605. The van der Waals surface area contributed by atoms with Gasteiger partial charge in [-0.3, -0.25) is 24.0 Å². The number of carbonyl (C=O) groups is 5. The van der Waals surface area contributed by atoms with E-state index in [4.69, 9.17) is 4.74 Å². The molecule has 2 fully saturated rings. The molecule has 3 aliphatic rings. The standard InChI is InChI=1S/C32H48O10/c1-17(33)42-27(2,3)13-12-22(35)32(9,41)25-20(34)15-29(6)21-11-10-18(28(4,5)26(39)40)19(14-24(37)38)31(21,8)23(36)16-30(25,29)7/h10,19-21,25,34,41H,11-16H2,1-9H3,(H,37,38)(H,39,40)/t19-,20-,21+,25+,29+,30-,31+,32+/m1/s1. The third-order valence-electron chi connectivity index (χ3n) is 11.5. The van der Waals surface area contributed by atoms with Crippen molar-refractivity contribution in [3.05, 3.63) is 11.6 Å². The van der Waals surface area contributed by atoms with E-state index >= 15 is 0 Å². The molecule has 0 aromatic heterocycles. The number of esters is 1. The van der Waals surface area contributed by atoms with Crippen molar-refractivity contribution in [3.8, 4) is 0 Å². The number of carboxylic acids is 2. The summed E-state index contributed by atoms with van der Waals surface area (Å²) in [6.45, 7) is 14.5. The number of rotatable bonds is 10. The van der Waals surface area contributed by atoms with Crippen LogP contribution in [-0.2, 0) is 28.7 Å². The Hall–Kier alpha value is -2.59. The Morgan fingerprint density at radius 2 is 1.60 bits per heavy atom. The highest BCUT2D eigenvalue weighted by molar-refractivity contribution is 5.91. The molecule has 0 aliphatic heterocycles. The first kappa shape index (κ1) is 33.9. The maximum atomic E-state index is 14.3. The van der Waals surface area contributed by atoms with E-state index in [1.54, 1.807) is 26.8 Å². The van der Waals surface area contributed by atoms with Crippen LogP contribution in [0.25, 0.3) is 0 Å². The summed E-state index contributed by atoms with van der Waals surface area (Å²) in [7, 11) is 0. The van der Waals surface area contributed by atoms with Crippen LogP contribution in [-0.4, -0.2) is 67.2 Å². The van der Waals surface area contributed by atoms with Gasteiger partial charge >= 0.3 is 17.9 Å². The van der Waals surface area contributed by atoms with Crippen molar-refractivity contribution in [2.45, 2.75) is 118 Å². The number of aliphatic carboxylic acids is 2. The molecular formula is C32H48O10. The summed E-state index contributed by atoms with van der Waals surface area (Å²) >= 11 is 0. The third kappa shape index (κ3) is 5.12. The van der Waals surface area contributed by atoms with Crippen LogP contribution < -0.4 is 0 Å². The summed E-state index contributed by atoms with van der Waals surface area (Å²) < 4.78 is 5.29. The van der Waals surface area contributed by atoms with Crippen molar-refractivity contribution in [2.75, 3.05) is 0 Å². The lowest BCUT2D eigenvalue weighted by Gasteiger charge is -2.63. The first-order chi connectivity index (χ1) is 18.9. The number of hydrogen-bond donors (Lipinski definition) is 4. The summed E-state index contributed by atoms with van der Waals surface area (Å²) in [6, 6.07) is 0. The van der Waals surface area contributed by atoms with E-state index in [2.05, 4.69) is 0 Å². The first-order valence-electron chi connectivity index (χ1n) is 14.7. The number of allylic oxidation sites excluding steroid dienone is 1. The lowest BCUT2D eigenvalue weighted by atomic mass is 9.39. The van der Waals surface area contributed by atoms with Crippen LogP contribution in [0.3, 0.4) is 0 Å². The molecule has 0 heterocycles. The van der Waals surface area contributed by atoms with Gasteiger partial charge in [-0.15, -0.1) is 0 Å². The van der Waals surface area contributed by atoms with E-state index in [0.29, 0.717) is 12.0 Å². The van der Waals surface area contributed by atoms with Gasteiger partial charge in [0.15, 0.2) is 5.78 Å². The Kier molecular flexibility index (Phi) is 8.51. The van der Waals surface area contributed by atoms with Crippen LogP contribution in [0, 0.1) is 39.4 Å². The molecule has 3 rings (SSSR count). The van der Waals surface area contributed by atoms with Crippen molar-refractivity contribution in [2.24, 2.45) is 39.4 Å². The normalized spacial score (nSPS) is 36.3. The van der Waals surface area contributed by atoms with E-state index in [9.17, 15) is 44.4 Å². The molecule has 0 saturated heterocycles. The fourth-order valence-electron chi connectivity index (χ4n) is 9.04. The minimum Gasteiger partial charge on any atom is -0.481 e. The smallest absolute Gasteiger partial charge is 0.313 e. The fourth-order valence-corrected chi connectivity index (χ4v) is 9.04. The molecule has 42 heavy (non-hydrogen) atoms. The zero-order chi connectivity index (χ0) is 32.4. The van der Waals surface area contributed by atoms with Crippen LogP contribution in [0.1, 0.15) is 101 Å². The molecule has 4 N–H and O–H groups in total. The summed E-state index contributed by atoms with van der Waals surface area (Å²) in [5, 5.41) is 43.2. The molecule has 10 nitrogen and oxygen atoms in total. The van der Waals surface area contributed by atoms with Crippen LogP contribution >= 0.6 is 0 Å². The van der Waals surface area contributed by atoms with E-state index in [1.807, 2.05) is 13.8 Å². The van der Waals surface area contributed by atoms with Gasteiger partial charge in [0.2, 0.25) is 0 Å². The van der Waals surface area contributed by atoms with E-state index in [0.717, 1.165) is 0 Å². The molecule has 0 amide bonds. The number of carboxylic acid groups (broad SMARTS) is 2. The first-order valence-corrected chi connectivity index (χ1v) is 14.7. The molecule has 0 aromatic rings. The largest absolute Gasteiger partial charge is 0.481 e. The predicted octanol–water partition coefficient (Wildman–Crippen LogP) is 3.95. The SMILES string of the molecule is CC(=O)OC(C)(C)CCC(=O)[C@](C)(O)[C@H]1[C@H](O)C[C@@]2(C)[C@@H]3CC=C(C(C)(C)C(=O)O)[C@@H](CC(=O)O)[C@]3(C)C(=O)C[C@]12C. The molecule has 0 bridgehead atoms. The maximum absolute atomic E-state index is 14.3. The van der Waals surface area contributed by atoms with Crippen molar-refractivity contribution in [1.29, 1.82) is 0 Å².